The average molecular weight is 307 g/mol. The third-order valence-electron chi connectivity index (χ3n) is 2.27. The number of nitrogens with zero attached hydrogens (tertiary/aromatic N) is 2. The molecule has 1 amide bonds. The number of aryl methyl sites for hydroxylation is 1. The Bertz CT molecular complexity index is 583. The second-order valence-corrected chi connectivity index (χ2v) is 4.59. The van der Waals surface area contributed by atoms with Gasteiger partial charge in [0, 0.05) is 22.0 Å². The molecule has 2 rings (SSSR count). The fourth-order valence-corrected chi connectivity index (χ4v) is 1.57. The first kappa shape index (κ1) is 12.5. The smallest absolute Gasteiger partial charge is 0.275 e. The molecule has 0 fully saturated rings. The molecule has 0 aliphatic heterocycles. The van der Waals surface area contributed by atoms with E-state index in [0.717, 1.165) is 10.2 Å². The van der Waals surface area contributed by atoms with Gasteiger partial charge in [-0.25, -0.2) is 4.98 Å². The maximum Gasteiger partial charge on any atom is 0.275 e. The molecule has 0 spiro atoms. The molecule has 0 bridgehead atoms. The van der Waals surface area contributed by atoms with E-state index in [9.17, 15) is 4.79 Å². The van der Waals surface area contributed by atoms with E-state index in [4.69, 9.17) is 5.73 Å². The van der Waals surface area contributed by atoms with Crippen molar-refractivity contribution in [3.05, 3.63) is 46.5 Å². The average Bonchev–Trinajstić information content (AvgIpc) is 2.34. The molecule has 0 radical (unpaired) electrons. The van der Waals surface area contributed by atoms with Crippen molar-refractivity contribution in [2.75, 3.05) is 11.1 Å². The van der Waals surface area contributed by atoms with Gasteiger partial charge in [-0.15, -0.1) is 0 Å². The van der Waals surface area contributed by atoms with Crippen molar-refractivity contribution in [1.82, 2.24) is 9.97 Å². The molecule has 0 saturated heterocycles. The summed E-state index contributed by atoms with van der Waals surface area (Å²) in [5.41, 5.74) is 7.93. The van der Waals surface area contributed by atoms with E-state index >= 15 is 0 Å². The zero-order valence-corrected chi connectivity index (χ0v) is 11.2. The Morgan fingerprint density at radius 3 is 2.72 bits per heavy atom. The maximum atomic E-state index is 11.9. The summed E-state index contributed by atoms with van der Waals surface area (Å²) in [5, 5.41) is 2.70. The fraction of sp³-hybridized carbons (Fsp3) is 0.0833. The van der Waals surface area contributed by atoms with E-state index in [-0.39, 0.29) is 11.6 Å². The van der Waals surface area contributed by atoms with Gasteiger partial charge < -0.3 is 11.1 Å². The fourth-order valence-electron chi connectivity index (χ4n) is 1.33. The van der Waals surface area contributed by atoms with Gasteiger partial charge >= 0.3 is 0 Å². The molecule has 1 aromatic heterocycles. The number of nitrogens with two attached hydrogens (primary N) is 1. The van der Waals surface area contributed by atoms with E-state index in [1.54, 1.807) is 24.4 Å². The minimum atomic E-state index is -0.316. The van der Waals surface area contributed by atoms with E-state index < -0.39 is 0 Å². The lowest BCUT2D eigenvalue weighted by Crippen LogP contribution is -2.14. The van der Waals surface area contributed by atoms with E-state index in [1.807, 2.05) is 6.92 Å². The van der Waals surface area contributed by atoms with Crippen LogP contribution in [0.2, 0.25) is 0 Å². The lowest BCUT2D eigenvalue weighted by molar-refractivity contribution is 0.102. The molecule has 0 saturated carbocycles. The van der Waals surface area contributed by atoms with Gasteiger partial charge in [0.05, 0.1) is 11.9 Å². The van der Waals surface area contributed by atoms with E-state index in [1.165, 1.54) is 6.20 Å². The van der Waals surface area contributed by atoms with E-state index in [2.05, 4.69) is 31.2 Å². The second kappa shape index (κ2) is 5.14. The number of hydrogen-bond acceptors (Lipinski definition) is 4. The predicted molar refractivity (Wildman–Crippen MR) is 73.3 cm³/mol. The summed E-state index contributed by atoms with van der Waals surface area (Å²) in [6.07, 6.45) is 2.98. The molecule has 3 N–H and O–H groups in total. The van der Waals surface area contributed by atoms with Crippen LogP contribution in [0.25, 0.3) is 0 Å². The quantitative estimate of drug-likeness (QED) is 0.835. The normalized spacial score (nSPS) is 10.1. The summed E-state index contributed by atoms with van der Waals surface area (Å²) < 4.78 is 0.788. The summed E-state index contributed by atoms with van der Waals surface area (Å²) in [6.45, 7) is 1.81. The Kier molecular flexibility index (Phi) is 3.57. The highest BCUT2D eigenvalue weighted by molar-refractivity contribution is 9.10. The Balaban J connectivity index is 2.16. The molecule has 1 aromatic carbocycles. The molecule has 6 heteroatoms. The van der Waals surface area contributed by atoms with Crippen molar-refractivity contribution in [2.24, 2.45) is 0 Å². The largest absolute Gasteiger partial charge is 0.398 e. The van der Waals surface area contributed by atoms with Gasteiger partial charge in [0.25, 0.3) is 5.91 Å². The summed E-state index contributed by atoms with van der Waals surface area (Å²) in [5.74, 6) is -0.316. The number of carbonyl (C=O) groups excluding carboxylic acids is 1. The number of carbonyl (C=O) groups is 1. The number of rotatable bonds is 2. The number of benzene rings is 1. The van der Waals surface area contributed by atoms with Crippen LogP contribution in [0.1, 0.15) is 16.2 Å². The zero-order valence-electron chi connectivity index (χ0n) is 9.64. The standard InChI is InChI=1S/C12H11BrN4O/c1-7-5-16-11(6-15-7)12(18)17-8-2-3-9(13)10(14)4-8/h2-6H,14H2,1H3,(H,17,18). The van der Waals surface area contributed by atoms with Crippen LogP contribution in [0.4, 0.5) is 11.4 Å². The minimum absolute atomic E-state index is 0.266. The number of nitrogen functional groups attached to an aromatic ring is 1. The van der Waals surface area contributed by atoms with Gasteiger partial charge in [-0.2, -0.15) is 0 Å². The maximum absolute atomic E-state index is 11.9. The molecule has 92 valence electrons. The van der Waals surface area contributed by atoms with Gasteiger partial charge in [-0.05, 0) is 41.1 Å². The van der Waals surface area contributed by atoms with Crippen LogP contribution in [-0.4, -0.2) is 15.9 Å². The lowest BCUT2D eigenvalue weighted by atomic mass is 10.2. The SMILES string of the molecule is Cc1cnc(C(=O)Nc2ccc(Br)c(N)c2)cn1. The number of hydrogen-bond donors (Lipinski definition) is 2. The molecule has 18 heavy (non-hydrogen) atoms. The minimum Gasteiger partial charge on any atom is -0.398 e. The first-order valence-corrected chi connectivity index (χ1v) is 6.00. The monoisotopic (exact) mass is 306 g/mol. The number of nitrogens with one attached hydrogen (secondary N) is 1. The summed E-state index contributed by atoms with van der Waals surface area (Å²) in [7, 11) is 0. The highest BCUT2D eigenvalue weighted by Crippen LogP contribution is 2.23. The van der Waals surface area contributed by atoms with Gasteiger partial charge in [0.15, 0.2) is 0 Å². The van der Waals surface area contributed by atoms with Crippen molar-refractivity contribution >= 4 is 33.2 Å². The summed E-state index contributed by atoms with van der Waals surface area (Å²) in [4.78, 5) is 19.9. The van der Waals surface area contributed by atoms with Crippen molar-refractivity contribution < 1.29 is 4.79 Å². The Morgan fingerprint density at radius 1 is 1.33 bits per heavy atom. The number of aromatic nitrogens is 2. The van der Waals surface area contributed by atoms with Gasteiger partial charge in [0.2, 0.25) is 0 Å². The number of anilines is 2. The predicted octanol–water partition coefficient (Wildman–Crippen LogP) is 2.38. The molecular formula is C12H11BrN4O. The van der Waals surface area contributed by atoms with Crippen molar-refractivity contribution in [2.45, 2.75) is 6.92 Å². The van der Waals surface area contributed by atoms with Crippen LogP contribution in [0.3, 0.4) is 0 Å². The first-order valence-electron chi connectivity index (χ1n) is 5.21. The third kappa shape index (κ3) is 2.84. The molecule has 1 heterocycles. The molecule has 0 aliphatic carbocycles. The highest BCUT2D eigenvalue weighted by Gasteiger charge is 2.08. The van der Waals surface area contributed by atoms with Crippen LogP contribution in [-0.2, 0) is 0 Å². The van der Waals surface area contributed by atoms with E-state index in [0.29, 0.717) is 11.4 Å². The van der Waals surface area contributed by atoms with Crippen LogP contribution >= 0.6 is 15.9 Å². The molecular weight excluding hydrogens is 296 g/mol. The van der Waals surface area contributed by atoms with Crippen LogP contribution in [0.5, 0.6) is 0 Å². The van der Waals surface area contributed by atoms with Gasteiger partial charge in [-0.3, -0.25) is 9.78 Å². The van der Waals surface area contributed by atoms with Crippen molar-refractivity contribution in [1.29, 1.82) is 0 Å². The molecule has 5 nitrogen and oxygen atoms in total. The second-order valence-electron chi connectivity index (χ2n) is 3.73. The Hall–Kier alpha value is -1.95. The molecule has 0 unspecified atom stereocenters. The summed E-state index contributed by atoms with van der Waals surface area (Å²) >= 11 is 3.29. The van der Waals surface area contributed by atoms with Crippen molar-refractivity contribution in [3.63, 3.8) is 0 Å². The van der Waals surface area contributed by atoms with Crippen LogP contribution < -0.4 is 11.1 Å². The lowest BCUT2D eigenvalue weighted by Gasteiger charge is -2.06. The van der Waals surface area contributed by atoms with Crippen molar-refractivity contribution in [3.8, 4) is 0 Å². The molecule has 0 aliphatic rings. The number of amides is 1. The molecule has 0 atom stereocenters. The Labute approximate surface area is 113 Å². The topological polar surface area (TPSA) is 80.9 Å². The van der Waals surface area contributed by atoms with Crippen LogP contribution in [0.15, 0.2) is 35.1 Å². The Morgan fingerprint density at radius 2 is 2.11 bits per heavy atom. The van der Waals surface area contributed by atoms with Crippen LogP contribution in [0, 0.1) is 6.92 Å². The third-order valence-corrected chi connectivity index (χ3v) is 2.99. The zero-order chi connectivity index (χ0) is 13.1. The molecule has 2 aromatic rings. The van der Waals surface area contributed by atoms with Gasteiger partial charge in [-0.1, -0.05) is 0 Å². The number of halogens is 1. The van der Waals surface area contributed by atoms with Gasteiger partial charge in [0.1, 0.15) is 5.69 Å². The summed E-state index contributed by atoms with van der Waals surface area (Å²) in [6, 6.07) is 5.19. The first-order chi connectivity index (χ1) is 8.56. The highest BCUT2D eigenvalue weighted by atomic mass is 79.9.